The molecule has 1 rings (SSSR count). The van der Waals surface area contributed by atoms with Crippen LogP contribution in [-0.4, -0.2) is 31.6 Å². The number of hydrogen-bond donors (Lipinski definition) is 1. The minimum atomic E-state index is 0.486. The molecule has 0 amide bonds. The van der Waals surface area contributed by atoms with Crippen molar-refractivity contribution >= 4 is 0 Å². The molecule has 0 spiro atoms. The van der Waals surface area contributed by atoms with E-state index in [0.29, 0.717) is 6.04 Å². The summed E-state index contributed by atoms with van der Waals surface area (Å²) in [5, 5.41) is 0. The summed E-state index contributed by atoms with van der Waals surface area (Å²) in [4.78, 5) is 2.33. The van der Waals surface area contributed by atoms with Crippen LogP contribution in [0.2, 0.25) is 0 Å². The highest BCUT2D eigenvalue weighted by atomic mass is 16.5. The molecule has 0 aliphatic rings. The smallest absolute Gasteiger partial charge is 0.123 e. The molecule has 0 saturated carbocycles. The van der Waals surface area contributed by atoms with Gasteiger partial charge in [-0.15, -0.1) is 0 Å². The van der Waals surface area contributed by atoms with Crippen LogP contribution < -0.4 is 10.5 Å². The molecule has 1 aromatic carbocycles. The first-order chi connectivity index (χ1) is 8.49. The largest absolute Gasteiger partial charge is 0.496 e. The Labute approximate surface area is 111 Å². The van der Waals surface area contributed by atoms with Crippen LogP contribution in [0.5, 0.6) is 5.75 Å². The summed E-state index contributed by atoms with van der Waals surface area (Å²) >= 11 is 0. The van der Waals surface area contributed by atoms with Crippen molar-refractivity contribution in [1.29, 1.82) is 0 Å². The van der Waals surface area contributed by atoms with Crippen molar-refractivity contribution in [2.45, 2.75) is 39.8 Å². The fourth-order valence-corrected chi connectivity index (χ4v) is 2.21. The van der Waals surface area contributed by atoms with Gasteiger partial charge < -0.3 is 10.5 Å². The van der Waals surface area contributed by atoms with Crippen LogP contribution in [0.15, 0.2) is 12.1 Å². The van der Waals surface area contributed by atoms with Crippen molar-refractivity contribution in [3.05, 3.63) is 28.8 Å². The van der Waals surface area contributed by atoms with E-state index in [9.17, 15) is 0 Å². The van der Waals surface area contributed by atoms with Crippen molar-refractivity contribution in [3.63, 3.8) is 0 Å². The van der Waals surface area contributed by atoms with Gasteiger partial charge >= 0.3 is 0 Å². The third-order valence-corrected chi connectivity index (χ3v) is 3.54. The molecule has 0 aromatic heterocycles. The van der Waals surface area contributed by atoms with Crippen LogP contribution in [-0.2, 0) is 6.54 Å². The number of benzene rings is 1. The molecule has 0 radical (unpaired) electrons. The molecule has 102 valence electrons. The van der Waals surface area contributed by atoms with Crippen LogP contribution in [0.25, 0.3) is 0 Å². The number of nitrogens with zero attached hydrogens (tertiary/aromatic N) is 1. The minimum Gasteiger partial charge on any atom is -0.496 e. The Balaban J connectivity index is 2.89. The van der Waals surface area contributed by atoms with Gasteiger partial charge in [0.15, 0.2) is 0 Å². The molecule has 0 heterocycles. The van der Waals surface area contributed by atoms with Gasteiger partial charge in [0.05, 0.1) is 7.11 Å². The Kier molecular flexibility index (Phi) is 5.63. The molecule has 0 fully saturated rings. The van der Waals surface area contributed by atoms with Gasteiger partial charge in [0.2, 0.25) is 0 Å². The maximum atomic E-state index is 5.62. The fourth-order valence-electron chi connectivity index (χ4n) is 2.21. The highest BCUT2D eigenvalue weighted by Gasteiger charge is 2.14. The number of rotatable bonds is 6. The minimum absolute atomic E-state index is 0.486. The van der Waals surface area contributed by atoms with Gasteiger partial charge in [-0.3, -0.25) is 4.90 Å². The first-order valence-electron chi connectivity index (χ1n) is 6.54. The quantitative estimate of drug-likeness (QED) is 0.843. The second-order valence-corrected chi connectivity index (χ2v) is 5.10. The number of methoxy groups -OCH3 is 1. The van der Waals surface area contributed by atoms with Gasteiger partial charge in [0.25, 0.3) is 0 Å². The van der Waals surface area contributed by atoms with E-state index < -0.39 is 0 Å². The molecule has 3 nitrogen and oxygen atoms in total. The Morgan fingerprint density at radius 1 is 1.33 bits per heavy atom. The zero-order valence-electron chi connectivity index (χ0n) is 12.3. The summed E-state index contributed by atoms with van der Waals surface area (Å²) in [6.45, 7) is 8.08. The second-order valence-electron chi connectivity index (χ2n) is 5.10. The van der Waals surface area contributed by atoms with E-state index in [0.717, 1.165) is 25.3 Å². The first kappa shape index (κ1) is 15.0. The first-order valence-corrected chi connectivity index (χ1v) is 6.54. The molecule has 0 saturated heterocycles. The van der Waals surface area contributed by atoms with Crippen molar-refractivity contribution in [1.82, 2.24) is 4.90 Å². The summed E-state index contributed by atoms with van der Waals surface area (Å²) in [5.74, 6) is 0.985. The summed E-state index contributed by atoms with van der Waals surface area (Å²) in [7, 11) is 3.88. The molecule has 1 aromatic rings. The molecular weight excluding hydrogens is 224 g/mol. The Hall–Kier alpha value is -1.06. The molecule has 1 atom stereocenters. The zero-order valence-corrected chi connectivity index (χ0v) is 12.3. The maximum Gasteiger partial charge on any atom is 0.123 e. The lowest BCUT2D eigenvalue weighted by Crippen LogP contribution is -2.30. The van der Waals surface area contributed by atoms with Crippen LogP contribution in [0.4, 0.5) is 0 Å². The van der Waals surface area contributed by atoms with Gasteiger partial charge in [-0.2, -0.15) is 0 Å². The van der Waals surface area contributed by atoms with Crippen LogP contribution in [0.3, 0.4) is 0 Å². The average Bonchev–Trinajstić information content (AvgIpc) is 2.32. The maximum absolute atomic E-state index is 5.62. The van der Waals surface area contributed by atoms with E-state index >= 15 is 0 Å². The van der Waals surface area contributed by atoms with Crippen LogP contribution in [0, 0.1) is 13.8 Å². The lowest BCUT2D eigenvalue weighted by molar-refractivity contribution is 0.236. The van der Waals surface area contributed by atoms with E-state index in [1.807, 2.05) is 0 Å². The van der Waals surface area contributed by atoms with E-state index in [-0.39, 0.29) is 0 Å². The Morgan fingerprint density at radius 2 is 2.00 bits per heavy atom. The third kappa shape index (κ3) is 3.72. The molecule has 1 unspecified atom stereocenters. The summed E-state index contributed by atoms with van der Waals surface area (Å²) < 4.78 is 5.50. The number of ether oxygens (including phenoxy) is 1. The SMILES string of the molecule is COc1cc(C)cc(C)c1CN(C)C(C)CCN. The predicted octanol–water partition coefficient (Wildman–Crippen LogP) is 2.48. The second kappa shape index (κ2) is 6.76. The normalized spacial score (nSPS) is 12.8. The van der Waals surface area contributed by atoms with Gasteiger partial charge in [0.1, 0.15) is 5.75 Å². The van der Waals surface area contributed by atoms with E-state index in [1.54, 1.807) is 7.11 Å². The van der Waals surface area contributed by atoms with E-state index in [2.05, 4.69) is 44.9 Å². The zero-order chi connectivity index (χ0) is 13.7. The summed E-state index contributed by atoms with van der Waals surface area (Å²) in [6.07, 6.45) is 1.02. The number of aryl methyl sites for hydroxylation is 2. The average molecular weight is 250 g/mol. The third-order valence-electron chi connectivity index (χ3n) is 3.54. The summed E-state index contributed by atoms with van der Waals surface area (Å²) in [6, 6.07) is 4.80. The topological polar surface area (TPSA) is 38.5 Å². The van der Waals surface area contributed by atoms with Gasteiger partial charge in [-0.1, -0.05) is 6.07 Å². The van der Waals surface area contributed by atoms with Crippen molar-refractivity contribution in [3.8, 4) is 5.75 Å². The standard InChI is InChI=1S/C15H26N2O/c1-11-8-12(2)14(15(9-11)18-5)10-17(4)13(3)6-7-16/h8-9,13H,6-7,10,16H2,1-5H3. The molecule has 0 aliphatic heterocycles. The van der Waals surface area contributed by atoms with Crippen LogP contribution >= 0.6 is 0 Å². The fraction of sp³-hybridized carbons (Fsp3) is 0.600. The van der Waals surface area contributed by atoms with Crippen molar-refractivity contribution in [2.24, 2.45) is 5.73 Å². The van der Waals surface area contributed by atoms with E-state index in [1.165, 1.54) is 16.7 Å². The van der Waals surface area contributed by atoms with Gasteiger partial charge in [-0.25, -0.2) is 0 Å². The van der Waals surface area contributed by atoms with Crippen LogP contribution in [0.1, 0.15) is 30.0 Å². The molecule has 3 heteroatoms. The summed E-state index contributed by atoms with van der Waals surface area (Å²) in [5.41, 5.74) is 9.42. The highest BCUT2D eigenvalue weighted by molar-refractivity contribution is 5.43. The van der Waals surface area contributed by atoms with Crippen molar-refractivity contribution < 1.29 is 4.74 Å². The lowest BCUT2D eigenvalue weighted by Gasteiger charge is -2.26. The Bertz CT molecular complexity index is 390. The molecular formula is C15H26N2O. The monoisotopic (exact) mass is 250 g/mol. The lowest BCUT2D eigenvalue weighted by atomic mass is 10.0. The molecule has 2 N–H and O–H groups in total. The van der Waals surface area contributed by atoms with Gasteiger partial charge in [0, 0.05) is 18.2 Å². The number of hydrogen-bond acceptors (Lipinski definition) is 3. The molecule has 0 aliphatic carbocycles. The molecule has 0 bridgehead atoms. The molecule has 18 heavy (non-hydrogen) atoms. The number of nitrogens with two attached hydrogens (primary N) is 1. The van der Waals surface area contributed by atoms with Gasteiger partial charge in [-0.05, 0) is 58.0 Å². The van der Waals surface area contributed by atoms with Crippen molar-refractivity contribution in [2.75, 3.05) is 20.7 Å². The predicted molar refractivity (Wildman–Crippen MR) is 77.1 cm³/mol. The van der Waals surface area contributed by atoms with E-state index in [4.69, 9.17) is 10.5 Å². The highest BCUT2D eigenvalue weighted by Crippen LogP contribution is 2.26. The Morgan fingerprint density at radius 3 is 2.56 bits per heavy atom.